The highest BCUT2D eigenvalue weighted by Crippen LogP contribution is 2.29. The summed E-state index contributed by atoms with van der Waals surface area (Å²) in [6, 6.07) is 24.9. The minimum Gasteiger partial charge on any atom is -0.270 e. The van der Waals surface area contributed by atoms with Crippen molar-refractivity contribution >= 4 is 29.0 Å². The van der Waals surface area contributed by atoms with E-state index in [0.29, 0.717) is 22.1 Å². The van der Waals surface area contributed by atoms with Crippen molar-refractivity contribution in [3.63, 3.8) is 0 Å². The first-order chi connectivity index (χ1) is 15.2. The van der Waals surface area contributed by atoms with Gasteiger partial charge in [-0.1, -0.05) is 71.9 Å². The molecule has 0 aliphatic rings. The van der Waals surface area contributed by atoms with E-state index >= 15 is 0 Å². The van der Waals surface area contributed by atoms with Gasteiger partial charge in [0, 0.05) is 29.3 Å². The molecule has 2 aromatic carbocycles. The van der Waals surface area contributed by atoms with Gasteiger partial charge in [0.1, 0.15) is 5.65 Å². The molecule has 0 saturated carbocycles. The van der Waals surface area contributed by atoms with Crippen LogP contribution in [-0.2, 0) is 5.75 Å². The van der Waals surface area contributed by atoms with Crippen molar-refractivity contribution in [1.29, 1.82) is 0 Å². The maximum absolute atomic E-state index is 12.5. The highest BCUT2D eigenvalue weighted by molar-refractivity contribution is 7.98. The molecule has 0 amide bonds. The summed E-state index contributed by atoms with van der Waals surface area (Å²) in [5.74, 6) is 1.24. The van der Waals surface area contributed by atoms with Crippen molar-refractivity contribution in [2.45, 2.75) is 10.9 Å². The molecule has 31 heavy (non-hydrogen) atoms. The standard InChI is InChI=1S/C23H16ClN5OS/c24-17-11-12-20-25-18(13-21(30)28(20)14-17)15-31-23-27-26-22(16-7-3-1-4-8-16)29(23)19-9-5-2-6-10-19/h1-14H,15H2. The number of para-hydroxylation sites is 1. The summed E-state index contributed by atoms with van der Waals surface area (Å²) < 4.78 is 3.46. The minimum absolute atomic E-state index is 0.169. The van der Waals surface area contributed by atoms with Crippen LogP contribution in [0.2, 0.25) is 5.02 Å². The van der Waals surface area contributed by atoms with E-state index in [1.165, 1.54) is 22.2 Å². The van der Waals surface area contributed by atoms with Gasteiger partial charge >= 0.3 is 0 Å². The lowest BCUT2D eigenvalue weighted by Crippen LogP contribution is -2.15. The Kier molecular flexibility index (Phi) is 5.28. The Morgan fingerprint density at radius 3 is 2.42 bits per heavy atom. The number of halogens is 1. The first kappa shape index (κ1) is 19.5. The molecule has 6 nitrogen and oxygen atoms in total. The van der Waals surface area contributed by atoms with Crippen LogP contribution < -0.4 is 5.56 Å². The van der Waals surface area contributed by atoms with E-state index in [-0.39, 0.29) is 5.56 Å². The third-order valence-electron chi connectivity index (χ3n) is 4.71. The van der Waals surface area contributed by atoms with Crippen molar-refractivity contribution in [2.24, 2.45) is 0 Å². The fourth-order valence-electron chi connectivity index (χ4n) is 3.29. The molecule has 0 atom stereocenters. The zero-order chi connectivity index (χ0) is 21.2. The van der Waals surface area contributed by atoms with Crippen molar-refractivity contribution < 1.29 is 0 Å². The molecule has 0 fully saturated rings. The summed E-state index contributed by atoms with van der Waals surface area (Å²) in [5, 5.41) is 10.1. The summed E-state index contributed by atoms with van der Waals surface area (Å²) in [4.78, 5) is 17.0. The Balaban J connectivity index is 1.51. The van der Waals surface area contributed by atoms with Gasteiger partial charge in [0.25, 0.3) is 5.56 Å². The van der Waals surface area contributed by atoms with Crippen LogP contribution in [-0.4, -0.2) is 24.1 Å². The van der Waals surface area contributed by atoms with Gasteiger partial charge in [-0.15, -0.1) is 10.2 Å². The van der Waals surface area contributed by atoms with Crippen LogP contribution in [0.1, 0.15) is 5.69 Å². The smallest absolute Gasteiger partial charge is 0.258 e. The Bertz CT molecular complexity index is 1420. The Labute approximate surface area is 187 Å². The van der Waals surface area contributed by atoms with Crippen molar-refractivity contribution in [3.05, 3.63) is 106 Å². The second kappa shape index (κ2) is 8.37. The van der Waals surface area contributed by atoms with E-state index in [1.807, 2.05) is 65.2 Å². The van der Waals surface area contributed by atoms with E-state index in [9.17, 15) is 4.79 Å². The molecule has 3 heterocycles. The van der Waals surface area contributed by atoms with Gasteiger partial charge in [0.15, 0.2) is 11.0 Å². The lowest BCUT2D eigenvalue weighted by molar-refractivity contribution is 0.884. The molecular weight excluding hydrogens is 430 g/mol. The van der Waals surface area contributed by atoms with Crippen LogP contribution in [0.3, 0.4) is 0 Å². The molecule has 5 aromatic rings. The topological polar surface area (TPSA) is 65.1 Å². The number of benzene rings is 2. The molecule has 0 aliphatic heterocycles. The lowest BCUT2D eigenvalue weighted by Gasteiger charge is -2.10. The number of thioether (sulfide) groups is 1. The van der Waals surface area contributed by atoms with Gasteiger partial charge in [-0.05, 0) is 24.3 Å². The number of hydrogen-bond donors (Lipinski definition) is 0. The maximum Gasteiger partial charge on any atom is 0.258 e. The largest absolute Gasteiger partial charge is 0.270 e. The van der Waals surface area contributed by atoms with Crippen LogP contribution in [0.4, 0.5) is 0 Å². The Morgan fingerprint density at radius 1 is 0.903 bits per heavy atom. The zero-order valence-electron chi connectivity index (χ0n) is 16.2. The number of nitrogens with zero attached hydrogens (tertiary/aromatic N) is 5. The summed E-state index contributed by atoms with van der Waals surface area (Å²) in [7, 11) is 0. The molecule has 152 valence electrons. The van der Waals surface area contributed by atoms with E-state index in [2.05, 4.69) is 15.2 Å². The highest BCUT2D eigenvalue weighted by atomic mass is 35.5. The van der Waals surface area contributed by atoms with E-state index in [0.717, 1.165) is 22.2 Å². The molecule has 0 bridgehead atoms. The maximum atomic E-state index is 12.5. The van der Waals surface area contributed by atoms with Gasteiger partial charge in [-0.3, -0.25) is 13.8 Å². The fourth-order valence-corrected chi connectivity index (χ4v) is 4.29. The first-order valence-corrected chi connectivity index (χ1v) is 10.9. The normalized spacial score (nSPS) is 11.1. The van der Waals surface area contributed by atoms with Crippen molar-refractivity contribution in [2.75, 3.05) is 0 Å². The minimum atomic E-state index is -0.169. The molecule has 0 radical (unpaired) electrons. The Morgan fingerprint density at radius 2 is 1.65 bits per heavy atom. The van der Waals surface area contributed by atoms with Crippen molar-refractivity contribution in [3.8, 4) is 17.1 Å². The van der Waals surface area contributed by atoms with Crippen molar-refractivity contribution in [1.82, 2.24) is 24.1 Å². The second-order valence-corrected chi connectivity index (χ2v) is 8.17. The fraction of sp³-hybridized carbons (Fsp3) is 0.0435. The van der Waals surface area contributed by atoms with Crippen LogP contribution in [0.25, 0.3) is 22.7 Å². The number of fused-ring (bicyclic) bond motifs is 1. The summed E-state index contributed by atoms with van der Waals surface area (Å²) in [6.45, 7) is 0. The lowest BCUT2D eigenvalue weighted by atomic mass is 10.2. The third kappa shape index (κ3) is 3.97. The molecule has 0 saturated heterocycles. The average Bonchev–Trinajstić information content (AvgIpc) is 3.23. The molecule has 0 aliphatic carbocycles. The number of hydrogen-bond acceptors (Lipinski definition) is 5. The predicted molar refractivity (Wildman–Crippen MR) is 123 cm³/mol. The third-order valence-corrected chi connectivity index (χ3v) is 5.89. The predicted octanol–water partition coefficient (Wildman–Crippen LogP) is 4.89. The molecular formula is C23H16ClN5OS. The average molecular weight is 446 g/mol. The first-order valence-electron chi connectivity index (χ1n) is 9.56. The van der Waals surface area contributed by atoms with Gasteiger partial charge < -0.3 is 0 Å². The monoisotopic (exact) mass is 445 g/mol. The molecule has 0 spiro atoms. The van der Waals surface area contributed by atoms with Crippen LogP contribution >= 0.6 is 23.4 Å². The number of pyridine rings is 1. The molecule has 8 heteroatoms. The van der Waals surface area contributed by atoms with E-state index < -0.39 is 0 Å². The van der Waals surface area contributed by atoms with Gasteiger partial charge in [0.05, 0.1) is 10.7 Å². The SMILES string of the molecule is O=c1cc(CSc2nnc(-c3ccccc3)n2-c2ccccc2)nc2ccc(Cl)cn12. The quantitative estimate of drug-likeness (QED) is 0.360. The van der Waals surface area contributed by atoms with E-state index in [1.54, 1.807) is 18.3 Å². The summed E-state index contributed by atoms with van der Waals surface area (Å²) in [5.41, 5.74) is 3.00. The van der Waals surface area contributed by atoms with Crippen LogP contribution in [0.15, 0.2) is 95.0 Å². The summed E-state index contributed by atoms with van der Waals surface area (Å²) in [6.07, 6.45) is 1.57. The Hall–Kier alpha value is -3.42. The highest BCUT2D eigenvalue weighted by Gasteiger charge is 2.16. The van der Waals surface area contributed by atoms with Crippen LogP contribution in [0.5, 0.6) is 0 Å². The molecule has 0 unspecified atom stereocenters. The van der Waals surface area contributed by atoms with Gasteiger partial charge in [-0.25, -0.2) is 4.98 Å². The molecule has 5 rings (SSSR count). The van der Waals surface area contributed by atoms with E-state index in [4.69, 9.17) is 11.6 Å². The molecule has 0 N–H and O–H groups in total. The van der Waals surface area contributed by atoms with Gasteiger partial charge in [-0.2, -0.15) is 0 Å². The number of aromatic nitrogens is 5. The van der Waals surface area contributed by atoms with Crippen LogP contribution in [0, 0.1) is 0 Å². The number of rotatable bonds is 5. The molecule has 3 aromatic heterocycles. The van der Waals surface area contributed by atoms with Gasteiger partial charge in [0.2, 0.25) is 0 Å². The zero-order valence-corrected chi connectivity index (χ0v) is 17.8. The summed E-state index contributed by atoms with van der Waals surface area (Å²) >= 11 is 7.47. The second-order valence-electron chi connectivity index (χ2n) is 6.79.